The van der Waals surface area contributed by atoms with Crippen molar-refractivity contribution in [2.45, 2.75) is 18.5 Å². The van der Waals surface area contributed by atoms with Gasteiger partial charge >= 0.3 is 12.4 Å². The van der Waals surface area contributed by atoms with Crippen LogP contribution in [-0.4, -0.2) is 18.5 Å². The number of benzene rings is 1. The molecule has 1 aromatic rings. The fraction of sp³-hybridized carbons (Fsp3) is 0.300. The summed E-state index contributed by atoms with van der Waals surface area (Å²) in [6, 6.07) is 4.23. The van der Waals surface area contributed by atoms with Gasteiger partial charge in [-0.15, -0.1) is 0 Å². The normalized spacial score (nSPS) is 12.4. The van der Waals surface area contributed by atoms with Gasteiger partial charge in [-0.05, 0) is 12.1 Å². The number of rotatable bonds is 2. The molecule has 1 rings (SSSR count). The molecule has 0 spiro atoms. The van der Waals surface area contributed by atoms with E-state index in [1.165, 1.54) is 6.07 Å². The molecule has 19 heavy (non-hydrogen) atoms. The maximum Gasteiger partial charge on any atom is 0.434 e. The fourth-order valence-electron chi connectivity index (χ4n) is 1.13. The minimum atomic E-state index is -5.66. The molecule has 0 aliphatic carbocycles. The summed E-state index contributed by atoms with van der Waals surface area (Å²) in [4.78, 5) is 0. The Bertz CT molecular complexity index is 490. The van der Waals surface area contributed by atoms with Crippen molar-refractivity contribution in [2.75, 3.05) is 0 Å². The third-order valence-corrected chi connectivity index (χ3v) is 2.14. The molecule has 0 amide bonds. The highest BCUT2D eigenvalue weighted by Crippen LogP contribution is 2.37. The molecule has 1 aromatic carbocycles. The molecule has 0 aliphatic rings. The van der Waals surface area contributed by atoms with Gasteiger partial charge in [-0.25, -0.2) is 0 Å². The van der Waals surface area contributed by atoms with Crippen LogP contribution in [0, 0.1) is 11.3 Å². The molecule has 0 saturated carbocycles. The van der Waals surface area contributed by atoms with Crippen LogP contribution in [0.15, 0.2) is 18.2 Å². The van der Waals surface area contributed by atoms with E-state index in [9.17, 15) is 26.3 Å². The van der Waals surface area contributed by atoms with E-state index < -0.39 is 29.8 Å². The van der Waals surface area contributed by atoms with Gasteiger partial charge in [0.1, 0.15) is 11.8 Å². The molecule has 0 radical (unpaired) electrons. The predicted molar refractivity (Wildman–Crippen MR) is 52.7 cm³/mol. The Kier molecular flexibility index (Phi) is 4.20. The van der Waals surface area contributed by atoms with Crippen molar-refractivity contribution in [3.05, 3.63) is 28.8 Å². The maximum absolute atomic E-state index is 12.3. The van der Waals surface area contributed by atoms with Gasteiger partial charge in [0.15, 0.2) is 0 Å². The minimum Gasteiger partial charge on any atom is -0.470 e. The summed E-state index contributed by atoms with van der Waals surface area (Å²) in [7, 11) is 0. The lowest BCUT2D eigenvalue weighted by Gasteiger charge is -2.24. The molecule has 9 heteroatoms. The lowest BCUT2D eigenvalue weighted by atomic mass is 10.2. The van der Waals surface area contributed by atoms with Crippen LogP contribution in [0.25, 0.3) is 0 Å². The number of nitriles is 1. The largest absolute Gasteiger partial charge is 0.470 e. The van der Waals surface area contributed by atoms with Gasteiger partial charge in [0.05, 0.1) is 5.56 Å². The Morgan fingerprint density at radius 3 is 2.05 bits per heavy atom. The Balaban J connectivity index is 3.18. The van der Waals surface area contributed by atoms with E-state index >= 15 is 0 Å². The van der Waals surface area contributed by atoms with E-state index in [1.807, 2.05) is 0 Å². The van der Waals surface area contributed by atoms with E-state index in [4.69, 9.17) is 16.9 Å². The van der Waals surface area contributed by atoms with E-state index in [2.05, 4.69) is 4.74 Å². The number of halogens is 7. The lowest BCUT2D eigenvalue weighted by molar-refractivity contribution is -0.299. The van der Waals surface area contributed by atoms with Crippen LogP contribution in [0.3, 0.4) is 0 Å². The van der Waals surface area contributed by atoms with Gasteiger partial charge in [-0.3, -0.25) is 0 Å². The molecule has 0 aromatic heterocycles. The highest BCUT2D eigenvalue weighted by atomic mass is 35.5. The first-order valence-electron chi connectivity index (χ1n) is 4.55. The van der Waals surface area contributed by atoms with Gasteiger partial charge in [0, 0.05) is 11.1 Å². The van der Waals surface area contributed by atoms with Crippen molar-refractivity contribution in [3.8, 4) is 11.8 Å². The summed E-state index contributed by atoms with van der Waals surface area (Å²) >= 11 is 5.43. The zero-order valence-corrected chi connectivity index (χ0v) is 9.57. The van der Waals surface area contributed by atoms with Crippen molar-refractivity contribution in [1.82, 2.24) is 0 Å². The summed E-state index contributed by atoms with van der Waals surface area (Å²) in [5.41, 5.74) is -0.483. The average Bonchev–Trinajstić information content (AvgIpc) is 2.23. The van der Waals surface area contributed by atoms with Crippen molar-refractivity contribution < 1.29 is 31.1 Å². The first-order valence-corrected chi connectivity index (χ1v) is 4.93. The molecule has 0 bridgehead atoms. The molecular weight excluding hydrogens is 300 g/mol. The zero-order chi connectivity index (χ0) is 14.8. The highest BCUT2D eigenvalue weighted by Gasteiger charge is 2.59. The standard InChI is InChI=1S/C10H4ClF6NO/c11-6-2-1-5(4-18)7(3-6)19-8(9(12,13)14)10(15,16)17/h1-3,8H. The Labute approximate surface area is 108 Å². The molecule has 0 fully saturated rings. The fourth-order valence-corrected chi connectivity index (χ4v) is 1.29. The third-order valence-electron chi connectivity index (χ3n) is 1.90. The third kappa shape index (κ3) is 3.92. The summed E-state index contributed by atoms with van der Waals surface area (Å²) in [5.74, 6) is -0.880. The van der Waals surface area contributed by atoms with Crippen molar-refractivity contribution in [2.24, 2.45) is 0 Å². The van der Waals surface area contributed by atoms with Crippen LogP contribution in [0.5, 0.6) is 5.75 Å². The van der Waals surface area contributed by atoms with Gasteiger partial charge < -0.3 is 4.74 Å². The van der Waals surface area contributed by atoms with Crippen LogP contribution in [-0.2, 0) is 0 Å². The van der Waals surface area contributed by atoms with E-state index in [-0.39, 0.29) is 5.02 Å². The van der Waals surface area contributed by atoms with Crippen molar-refractivity contribution >= 4 is 11.6 Å². The SMILES string of the molecule is N#Cc1ccc(Cl)cc1OC(C(F)(F)F)C(F)(F)F. The van der Waals surface area contributed by atoms with Crippen LogP contribution < -0.4 is 4.74 Å². The quantitative estimate of drug-likeness (QED) is 0.771. The second-order valence-corrected chi connectivity index (χ2v) is 3.77. The first-order chi connectivity index (χ1) is 8.55. The molecular formula is C10H4ClF6NO. The predicted octanol–water partition coefficient (Wildman–Crippen LogP) is 4.08. The smallest absolute Gasteiger partial charge is 0.434 e. The molecule has 0 N–H and O–H groups in total. The summed E-state index contributed by atoms with van der Waals surface area (Å²) in [5, 5.41) is 8.44. The molecule has 0 aliphatic heterocycles. The summed E-state index contributed by atoms with van der Waals surface area (Å²) < 4.78 is 77.6. The van der Waals surface area contributed by atoms with Gasteiger partial charge in [-0.2, -0.15) is 31.6 Å². The lowest BCUT2D eigenvalue weighted by Crippen LogP contribution is -2.46. The molecule has 104 valence electrons. The molecule has 0 atom stereocenters. The van der Waals surface area contributed by atoms with E-state index in [0.29, 0.717) is 6.07 Å². The Morgan fingerprint density at radius 2 is 1.63 bits per heavy atom. The second kappa shape index (κ2) is 5.17. The number of ether oxygens (including phenoxy) is 1. The maximum atomic E-state index is 12.3. The molecule has 2 nitrogen and oxygen atoms in total. The summed E-state index contributed by atoms with van der Waals surface area (Å²) in [6.07, 6.45) is -15.3. The zero-order valence-electron chi connectivity index (χ0n) is 8.81. The van der Waals surface area contributed by atoms with Crippen molar-refractivity contribution in [1.29, 1.82) is 5.26 Å². The van der Waals surface area contributed by atoms with E-state index in [0.717, 1.165) is 12.1 Å². The van der Waals surface area contributed by atoms with Crippen LogP contribution in [0.4, 0.5) is 26.3 Å². The van der Waals surface area contributed by atoms with Crippen LogP contribution in [0.2, 0.25) is 5.02 Å². The minimum absolute atomic E-state index is 0.155. The molecule has 0 unspecified atom stereocenters. The molecule has 0 heterocycles. The van der Waals surface area contributed by atoms with Crippen molar-refractivity contribution in [3.63, 3.8) is 0 Å². The number of hydrogen-bond donors (Lipinski definition) is 0. The number of alkyl halides is 6. The second-order valence-electron chi connectivity index (χ2n) is 3.33. The van der Waals surface area contributed by atoms with Gasteiger partial charge in [-0.1, -0.05) is 11.6 Å². The Morgan fingerprint density at radius 1 is 1.11 bits per heavy atom. The van der Waals surface area contributed by atoms with Gasteiger partial charge in [0.2, 0.25) is 0 Å². The topological polar surface area (TPSA) is 33.0 Å². The first kappa shape index (κ1) is 15.4. The molecule has 0 saturated heterocycles. The number of nitrogens with zero attached hydrogens (tertiary/aromatic N) is 1. The van der Waals surface area contributed by atoms with E-state index in [1.54, 1.807) is 0 Å². The van der Waals surface area contributed by atoms with Crippen LogP contribution in [0.1, 0.15) is 5.56 Å². The highest BCUT2D eigenvalue weighted by molar-refractivity contribution is 6.30. The summed E-state index contributed by atoms with van der Waals surface area (Å²) in [6.45, 7) is 0. The van der Waals surface area contributed by atoms with Gasteiger partial charge in [0.25, 0.3) is 6.10 Å². The monoisotopic (exact) mass is 303 g/mol. The number of hydrogen-bond acceptors (Lipinski definition) is 2. The Hall–Kier alpha value is -1.62. The van der Waals surface area contributed by atoms with Crippen LogP contribution >= 0.6 is 11.6 Å². The average molecular weight is 304 g/mol.